The van der Waals surface area contributed by atoms with Crippen LogP contribution in [0.4, 0.5) is 0 Å². The van der Waals surface area contributed by atoms with Gasteiger partial charge in [-0.3, -0.25) is 0 Å². The topological polar surface area (TPSA) is 29.5 Å². The Morgan fingerprint density at radius 3 is 2.90 bits per heavy atom. The number of halogens is 2. The molecule has 0 spiro atoms. The van der Waals surface area contributed by atoms with E-state index in [4.69, 9.17) is 16.3 Å². The van der Waals surface area contributed by atoms with E-state index < -0.39 is 0 Å². The number of hydrogen-bond acceptors (Lipinski definition) is 2. The molecule has 1 aliphatic carbocycles. The van der Waals surface area contributed by atoms with Gasteiger partial charge in [-0.25, -0.2) is 0 Å². The van der Waals surface area contributed by atoms with Crippen molar-refractivity contribution in [2.75, 3.05) is 0 Å². The van der Waals surface area contributed by atoms with Crippen LogP contribution in [0, 0.1) is 0 Å². The Kier molecular flexibility index (Phi) is 4.01. The molecule has 20 heavy (non-hydrogen) atoms. The van der Waals surface area contributed by atoms with Gasteiger partial charge in [0.15, 0.2) is 0 Å². The number of aryl methyl sites for hydroxylation is 1. The van der Waals surface area contributed by atoms with Crippen molar-refractivity contribution in [1.82, 2.24) is 0 Å². The summed E-state index contributed by atoms with van der Waals surface area (Å²) in [4.78, 5) is 0. The Morgan fingerprint density at radius 2 is 2.10 bits per heavy atom. The second-order valence-electron chi connectivity index (χ2n) is 4.94. The first kappa shape index (κ1) is 13.9. The first-order valence-electron chi connectivity index (χ1n) is 6.51. The van der Waals surface area contributed by atoms with Crippen LogP contribution in [-0.4, -0.2) is 5.11 Å². The molecule has 2 aromatic carbocycles. The molecule has 2 nitrogen and oxygen atoms in total. The minimum atomic E-state index is -0.319. The zero-order valence-electron chi connectivity index (χ0n) is 10.8. The molecule has 1 N–H and O–H groups in total. The fourth-order valence-electron chi connectivity index (χ4n) is 2.46. The van der Waals surface area contributed by atoms with E-state index in [1.807, 2.05) is 36.4 Å². The van der Waals surface area contributed by atoms with Gasteiger partial charge in [-0.1, -0.05) is 39.7 Å². The van der Waals surface area contributed by atoms with Crippen LogP contribution in [0.1, 0.15) is 29.2 Å². The number of aliphatic hydroxyl groups is 1. The molecule has 4 heteroatoms. The number of benzene rings is 2. The van der Waals surface area contributed by atoms with Gasteiger partial charge >= 0.3 is 0 Å². The van der Waals surface area contributed by atoms with E-state index in [0.29, 0.717) is 11.6 Å². The summed E-state index contributed by atoms with van der Waals surface area (Å²) in [5.41, 5.74) is 3.16. The zero-order valence-corrected chi connectivity index (χ0v) is 13.1. The van der Waals surface area contributed by atoms with E-state index in [1.54, 1.807) is 0 Å². The van der Waals surface area contributed by atoms with Crippen molar-refractivity contribution >= 4 is 27.5 Å². The second kappa shape index (κ2) is 5.76. The van der Waals surface area contributed by atoms with Crippen molar-refractivity contribution in [2.24, 2.45) is 0 Å². The SMILES string of the molecule is O[C@@H]1CCc2cc(OCc3ccc(Br)cc3Cl)ccc21. The maximum Gasteiger partial charge on any atom is 0.120 e. The fraction of sp³-hybridized carbons (Fsp3) is 0.250. The average Bonchev–Trinajstić information content (AvgIpc) is 2.79. The van der Waals surface area contributed by atoms with Crippen LogP contribution in [0.2, 0.25) is 5.02 Å². The highest BCUT2D eigenvalue weighted by atomic mass is 79.9. The molecule has 0 bridgehead atoms. The zero-order chi connectivity index (χ0) is 14.1. The number of rotatable bonds is 3. The minimum Gasteiger partial charge on any atom is -0.489 e. The molecule has 0 amide bonds. The highest BCUT2D eigenvalue weighted by Gasteiger charge is 2.20. The Labute approximate surface area is 131 Å². The molecular formula is C16H14BrClO2. The summed E-state index contributed by atoms with van der Waals surface area (Å²) in [6, 6.07) is 11.6. The van der Waals surface area contributed by atoms with Crippen molar-refractivity contribution in [2.45, 2.75) is 25.6 Å². The molecular weight excluding hydrogens is 340 g/mol. The van der Waals surface area contributed by atoms with Crippen LogP contribution in [0.5, 0.6) is 5.75 Å². The van der Waals surface area contributed by atoms with Gasteiger partial charge in [-0.05, 0) is 48.2 Å². The van der Waals surface area contributed by atoms with Crippen molar-refractivity contribution in [1.29, 1.82) is 0 Å². The highest BCUT2D eigenvalue weighted by molar-refractivity contribution is 9.10. The molecule has 0 unspecified atom stereocenters. The molecule has 0 saturated heterocycles. The van der Waals surface area contributed by atoms with Gasteiger partial charge in [0.25, 0.3) is 0 Å². The quantitative estimate of drug-likeness (QED) is 0.869. The normalized spacial score (nSPS) is 17.1. The lowest BCUT2D eigenvalue weighted by Gasteiger charge is -2.10. The van der Waals surface area contributed by atoms with E-state index in [-0.39, 0.29) is 6.10 Å². The molecule has 3 rings (SSSR count). The Balaban J connectivity index is 1.73. The molecule has 0 aromatic heterocycles. The molecule has 1 atom stereocenters. The molecule has 2 aromatic rings. The number of fused-ring (bicyclic) bond motifs is 1. The summed E-state index contributed by atoms with van der Waals surface area (Å²) in [6.07, 6.45) is 1.39. The van der Waals surface area contributed by atoms with Gasteiger partial charge in [0.05, 0.1) is 6.10 Å². The molecule has 1 aliphatic rings. The maximum absolute atomic E-state index is 9.78. The average molecular weight is 354 g/mol. The summed E-state index contributed by atoms with van der Waals surface area (Å²) in [5.74, 6) is 0.817. The predicted molar refractivity (Wildman–Crippen MR) is 83.2 cm³/mol. The van der Waals surface area contributed by atoms with Gasteiger partial charge in [-0.2, -0.15) is 0 Å². The molecule has 0 heterocycles. The standard InChI is InChI=1S/C16H14BrClO2/c17-12-3-1-11(15(18)8-12)9-20-13-4-5-14-10(7-13)2-6-16(14)19/h1,3-5,7-8,16,19H,2,6,9H2/t16-/m1/s1. The van der Waals surface area contributed by atoms with Crippen LogP contribution >= 0.6 is 27.5 Å². The molecule has 0 saturated carbocycles. The Morgan fingerprint density at radius 1 is 1.25 bits per heavy atom. The lowest BCUT2D eigenvalue weighted by molar-refractivity contribution is 0.180. The fourth-order valence-corrected chi connectivity index (χ4v) is 3.19. The van der Waals surface area contributed by atoms with Crippen LogP contribution in [0.3, 0.4) is 0 Å². The largest absolute Gasteiger partial charge is 0.489 e. The lowest BCUT2D eigenvalue weighted by atomic mass is 10.1. The summed E-state index contributed by atoms with van der Waals surface area (Å²) in [7, 11) is 0. The second-order valence-corrected chi connectivity index (χ2v) is 6.26. The van der Waals surface area contributed by atoms with Crippen molar-refractivity contribution in [3.63, 3.8) is 0 Å². The van der Waals surface area contributed by atoms with Gasteiger partial charge in [0, 0.05) is 15.1 Å². The van der Waals surface area contributed by atoms with E-state index in [1.165, 1.54) is 5.56 Å². The summed E-state index contributed by atoms with van der Waals surface area (Å²) >= 11 is 9.55. The maximum atomic E-state index is 9.78. The van der Waals surface area contributed by atoms with Crippen molar-refractivity contribution in [3.8, 4) is 5.75 Å². The summed E-state index contributed by atoms with van der Waals surface area (Å²) in [5, 5.41) is 10.5. The van der Waals surface area contributed by atoms with Gasteiger partial charge in [-0.15, -0.1) is 0 Å². The summed E-state index contributed by atoms with van der Waals surface area (Å²) in [6.45, 7) is 0.438. The van der Waals surface area contributed by atoms with Crippen LogP contribution < -0.4 is 4.74 Å². The predicted octanol–water partition coefficient (Wildman–Crippen LogP) is 4.66. The third kappa shape index (κ3) is 2.85. The van der Waals surface area contributed by atoms with E-state index in [9.17, 15) is 5.11 Å². The van der Waals surface area contributed by atoms with Gasteiger partial charge < -0.3 is 9.84 Å². The smallest absolute Gasteiger partial charge is 0.120 e. The van der Waals surface area contributed by atoms with Crippen LogP contribution in [0.15, 0.2) is 40.9 Å². The number of hydrogen-bond donors (Lipinski definition) is 1. The minimum absolute atomic E-state index is 0.319. The first-order chi connectivity index (χ1) is 9.63. The third-order valence-electron chi connectivity index (χ3n) is 3.57. The highest BCUT2D eigenvalue weighted by Crippen LogP contribution is 2.33. The third-order valence-corrected chi connectivity index (χ3v) is 4.42. The van der Waals surface area contributed by atoms with Crippen molar-refractivity contribution < 1.29 is 9.84 Å². The van der Waals surface area contributed by atoms with E-state index >= 15 is 0 Å². The van der Waals surface area contributed by atoms with E-state index in [2.05, 4.69) is 15.9 Å². The van der Waals surface area contributed by atoms with Crippen LogP contribution in [-0.2, 0) is 13.0 Å². The lowest BCUT2D eigenvalue weighted by Crippen LogP contribution is -1.97. The van der Waals surface area contributed by atoms with Crippen LogP contribution in [0.25, 0.3) is 0 Å². The first-order valence-corrected chi connectivity index (χ1v) is 7.68. The van der Waals surface area contributed by atoms with E-state index in [0.717, 1.165) is 34.2 Å². The monoisotopic (exact) mass is 352 g/mol. The number of aliphatic hydroxyl groups excluding tert-OH is 1. The van der Waals surface area contributed by atoms with Gasteiger partial charge in [0.2, 0.25) is 0 Å². The Bertz CT molecular complexity index is 642. The van der Waals surface area contributed by atoms with Crippen molar-refractivity contribution in [3.05, 3.63) is 62.6 Å². The number of ether oxygens (including phenoxy) is 1. The molecule has 0 radical (unpaired) electrons. The Hall–Kier alpha value is -1.03. The van der Waals surface area contributed by atoms with Gasteiger partial charge in [0.1, 0.15) is 12.4 Å². The summed E-state index contributed by atoms with van der Waals surface area (Å²) < 4.78 is 6.75. The molecule has 0 fully saturated rings. The molecule has 104 valence electrons. The molecule has 0 aliphatic heterocycles.